The zero-order chi connectivity index (χ0) is 10.6. The second-order valence-corrected chi connectivity index (χ2v) is 3.96. The van der Waals surface area contributed by atoms with Crippen molar-refractivity contribution in [1.29, 1.82) is 0 Å². The number of carboxylic acids is 1. The molecule has 1 aliphatic heterocycles. The van der Waals surface area contributed by atoms with Gasteiger partial charge in [0.15, 0.2) is 5.60 Å². The molecule has 0 saturated carbocycles. The fourth-order valence-corrected chi connectivity index (χ4v) is 1.56. The molecule has 1 heterocycles. The van der Waals surface area contributed by atoms with Crippen LogP contribution < -0.4 is 5.32 Å². The van der Waals surface area contributed by atoms with Crippen LogP contribution in [0.2, 0.25) is 0 Å². The van der Waals surface area contributed by atoms with E-state index in [-0.39, 0.29) is 6.54 Å². The molecule has 1 fully saturated rings. The van der Waals surface area contributed by atoms with Gasteiger partial charge in [-0.15, -0.1) is 0 Å². The quantitative estimate of drug-likeness (QED) is 0.554. The summed E-state index contributed by atoms with van der Waals surface area (Å²) in [6, 6.07) is 0. The van der Waals surface area contributed by atoms with E-state index in [1.54, 1.807) is 0 Å². The molecule has 14 heavy (non-hydrogen) atoms. The molecule has 0 spiro atoms. The molecule has 1 aliphatic rings. The van der Waals surface area contributed by atoms with E-state index < -0.39 is 11.6 Å². The zero-order valence-corrected chi connectivity index (χ0v) is 8.49. The molecule has 5 nitrogen and oxygen atoms in total. The van der Waals surface area contributed by atoms with Crippen LogP contribution in [0.25, 0.3) is 0 Å². The number of carbonyl (C=O) groups is 1. The molecular formula is C9H18N2O3. The van der Waals surface area contributed by atoms with Crippen molar-refractivity contribution in [2.45, 2.75) is 18.9 Å². The van der Waals surface area contributed by atoms with Crippen molar-refractivity contribution < 1.29 is 15.0 Å². The molecule has 3 N–H and O–H groups in total. The van der Waals surface area contributed by atoms with Crippen LogP contribution in [-0.2, 0) is 4.79 Å². The standard InChI is InChI=1S/C9H18N2O3/c1-9(14,8(12)13)7-11-5-2-3-10-4-6-11/h10,14H,2-7H2,1H3,(H,12,13). The maximum Gasteiger partial charge on any atom is 0.336 e. The van der Waals surface area contributed by atoms with E-state index >= 15 is 0 Å². The summed E-state index contributed by atoms with van der Waals surface area (Å²) in [6.07, 6.45) is 0.996. The SMILES string of the molecule is CC(O)(CN1CCCNCC1)C(=O)O. The van der Waals surface area contributed by atoms with Crippen LogP contribution in [-0.4, -0.2) is 59.4 Å². The summed E-state index contributed by atoms with van der Waals surface area (Å²) in [5.74, 6) is -1.16. The number of hydrogen-bond acceptors (Lipinski definition) is 4. The van der Waals surface area contributed by atoms with E-state index in [2.05, 4.69) is 5.32 Å². The summed E-state index contributed by atoms with van der Waals surface area (Å²) in [4.78, 5) is 12.7. The topological polar surface area (TPSA) is 72.8 Å². The number of aliphatic hydroxyl groups is 1. The van der Waals surface area contributed by atoms with Crippen LogP contribution in [0.5, 0.6) is 0 Å². The van der Waals surface area contributed by atoms with Gasteiger partial charge in [-0.2, -0.15) is 0 Å². The molecule has 0 radical (unpaired) electrons. The Hall–Kier alpha value is -0.650. The lowest BCUT2D eigenvalue weighted by atomic mass is 10.1. The fraction of sp³-hybridized carbons (Fsp3) is 0.889. The van der Waals surface area contributed by atoms with Crippen LogP contribution in [0.15, 0.2) is 0 Å². The number of carboxylic acid groups (broad SMARTS) is 1. The first-order chi connectivity index (χ1) is 6.52. The van der Waals surface area contributed by atoms with Crippen molar-refractivity contribution in [1.82, 2.24) is 10.2 Å². The summed E-state index contributed by atoms with van der Waals surface area (Å²) in [5, 5.41) is 21.5. The molecule has 5 heteroatoms. The highest BCUT2D eigenvalue weighted by Gasteiger charge is 2.32. The Labute approximate surface area is 83.7 Å². The second kappa shape index (κ2) is 4.72. The second-order valence-electron chi connectivity index (χ2n) is 3.96. The van der Waals surface area contributed by atoms with Gasteiger partial charge in [0.25, 0.3) is 0 Å². The average molecular weight is 202 g/mol. The van der Waals surface area contributed by atoms with Crippen molar-refractivity contribution in [2.75, 3.05) is 32.7 Å². The molecule has 0 bridgehead atoms. The predicted molar refractivity (Wildman–Crippen MR) is 52.2 cm³/mol. The van der Waals surface area contributed by atoms with Crippen molar-refractivity contribution in [3.63, 3.8) is 0 Å². The van der Waals surface area contributed by atoms with E-state index in [1.807, 2.05) is 4.90 Å². The Morgan fingerprint density at radius 2 is 2.21 bits per heavy atom. The maximum absolute atomic E-state index is 10.7. The first kappa shape index (κ1) is 11.4. The van der Waals surface area contributed by atoms with E-state index in [9.17, 15) is 9.90 Å². The molecule has 82 valence electrons. The van der Waals surface area contributed by atoms with Gasteiger partial charge in [0, 0.05) is 19.6 Å². The Morgan fingerprint density at radius 1 is 1.50 bits per heavy atom. The minimum Gasteiger partial charge on any atom is -0.479 e. The number of nitrogens with zero attached hydrogens (tertiary/aromatic N) is 1. The van der Waals surface area contributed by atoms with Gasteiger partial charge in [0.1, 0.15) is 0 Å². The summed E-state index contributed by atoms with van der Waals surface area (Å²) >= 11 is 0. The molecule has 0 aromatic heterocycles. The lowest BCUT2D eigenvalue weighted by molar-refractivity contribution is -0.158. The van der Waals surface area contributed by atoms with Gasteiger partial charge in [0.05, 0.1) is 0 Å². The molecule has 1 unspecified atom stereocenters. The zero-order valence-electron chi connectivity index (χ0n) is 8.49. The van der Waals surface area contributed by atoms with Crippen molar-refractivity contribution in [3.8, 4) is 0 Å². The van der Waals surface area contributed by atoms with E-state index in [0.717, 1.165) is 32.6 Å². The third-order valence-corrected chi connectivity index (χ3v) is 2.42. The smallest absolute Gasteiger partial charge is 0.336 e. The van der Waals surface area contributed by atoms with E-state index in [1.165, 1.54) is 6.92 Å². The molecule has 0 aliphatic carbocycles. The maximum atomic E-state index is 10.7. The van der Waals surface area contributed by atoms with Gasteiger partial charge >= 0.3 is 5.97 Å². The predicted octanol–water partition coefficient (Wildman–Crippen LogP) is -0.883. The Bertz CT molecular complexity index is 198. The largest absolute Gasteiger partial charge is 0.479 e. The molecule has 0 aromatic carbocycles. The van der Waals surface area contributed by atoms with Gasteiger partial charge in [0.2, 0.25) is 0 Å². The van der Waals surface area contributed by atoms with Crippen LogP contribution in [0.4, 0.5) is 0 Å². The van der Waals surface area contributed by atoms with Crippen LogP contribution >= 0.6 is 0 Å². The lowest BCUT2D eigenvalue weighted by Crippen LogP contribution is -2.47. The Balaban J connectivity index is 2.45. The van der Waals surface area contributed by atoms with Crippen molar-refractivity contribution in [2.24, 2.45) is 0 Å². The number of β-amino-alcohol motifs (C(OH)–C–C–N with tert-alkyl or cyclic N) is 1. The summed E-state index contributed by atoms with van der Waals surface area (Å²) in [5.41, 5.74) is -1.63. The van der Waals surface area contributed by atoms with E-state index in [4.69, 9.17) is 5.11 Å². The van der Waals surface area contributed by atoms with Gasteiger partial charge in [-0.05, 0) is 26.4 Å². The van der Waals surface area contributed by atoms with Gasteiger partial charge in [-0.25, -0.2) is 4.79 Å². The minimum absolute atomic E-state index is 0.198. The number of nitrogens with one attached hydrogen (secondary N) is 1. The molecule has 1 rings (SSSR count). The first-order valence-electron chi connectivity index (χ1n) is 4.91. The fourth-order valence-electron chi connectivity index (χ4n) is 1.56. The van der Waals surface area contributed by atoms with E-state index in [0.29, 0.717) is 0 Å². The van der Waals surface area contributed by atoms with Crippen molar-refractivity contribution >= 4 is 5.97 Å². The minimum atomic E-state index is -1.63. The van der Waals surface area contributed by atoms with Gasteiger partial charge in [-0.1, -0.05) is 0 Å². The Kier molecular flexibility index (Phi) is 3.86. The highest BCUT2D eigenvalue weighted by atomic mass is 16.4. The van der Waals surface area contributed by atoms with Crippen LogP contribution in [0, 0.1) is 0 Å². The molecule has 0 aromatic rings. The van der Waals surface area contributed by atoms with Crippen molar-refractivity contribution in [3.05, 3.63) is 0 Å². The number of rotatable bonds is 3. The summed E-state index contributed by atoms with van der Waals surface area (Å²) in [6.45, 7) is 5.00. The molecule has 1 atom stereocenters. The highest BCUT2D eigenvalue weighted by Crippen LogP contribution is 2.07. The Morgan fingerprint density at radius 3 is 2.86 bits per heavy atom. The first-order valence-corrected chi connectivity index (χ1v) is 4.91. The third kappa shape index (κ3) is 3.25. The van der Waals surface area contributed by atoms with Crippen LogP contribution in [0.1, 0.15) is 13.3 Å². The summed E-state index contributed by atoms with van der Waals surface area (Å²) in [7, 11) is 0. The third-order valence-electron chi connectivity index (χ3n) is 2.42. The average Bonchev–Trinajstić information content (AvgIpc) is 2.32. The molecule has 1 saturated heterocycles. The summed E-state index contributed by atoms with van der Waals surface area (Å²) < 4.78 is 0. The molecular weight excluding hydrogens is 184 g/mol. The monoisotopic (exact) mass is 202 g/mol. The number of aliphatic carboxylic acids is 1. The normalized spacial score (nSPS) is 23.9. The lowest BCUT2D eigenvalue weighted by Gasteiger charge is -2.27. The van der Waals surface area contributed by atoms with Gasteiger partial charge in [-0.3, -0.25) is 4.90 Å². The molecule has 0 amide bonds. The van der Waals surface area contributed by atoms with Crippen LogP contribution in [0.3, 0.4) is 0 Å². The highest BCUT2D eigenvalue weighted by molar-refractivity contribution is 5.76. The van der Waals surface area contributed by atoms with Gasteiger partial charge < -0.3 is 15.5 Å². The number of hydrogen-bond donors (Lipinski definition) is 3.